The van der Waals surface area contributed by atoms with Gasteiger partial charge >= 0.3 is 11.9 Å². The molecule has 2 fully saturated rings. The SMILES string of the molecule is NC(=O)CC[C@H](NC(=O)COc1ccc([C@]2(c3ccc(F)cc3)NC(=O)[C@@H]2SCC(O)c2ccc(F)cc2)cc1)C(=O)O.O=C(O)COc1ccc([C@]2(c3ccc(F)cc3)NC(=O)[C@@H]2SCC(=O)c2ccc(F)cc2)cc1. The Morgan fingerprint density at radius 3 is 1.42 bits per heavy atom. The van der Waals surface area contributed by atoms with Crippen LogP contribution in [-0.4, -0.2) is 97.9 Å². The van der Waals surface area contributed by atoms with E-state index in [-0.39, 0.29) is 47.7 Å². The normalized spacial score (nSPS) is 19.0. The Kier molecular flexibility index (Phi) is 18.4. The number of ether oxygens (including phenoxy) is 2. The number of aliphatic hydroxyl groups excluding tert-OH is 1. The second-order valence-corrected chi connectivity index (χ2v) is 19.7. The van der Waals surface area contributed by atoms with Crippen LogP contribution in [0.3, 0.4) is 0 Å². The van der Waals surface area contributed by atoms with Gasteiger partial charge in [-0.15, -0.1) is 23.5 Å². The summed E-state index contributed by atoms with van der Waals surface area (Å²) in [5.74, 6) is -5.72. The van der Waals surface area contributed by atoms with Crippen LogP contribution in [0.5, 0.6) is 11.5 Å². The van der Waals surface area contributed by atoms with Crippen LogP contribution in [0, 0.1) is 23.3 Å². The molecule has 22 heteroatoms. The highest BCUT2D eigenvalue weighted by molar-refractivity contribution is 8.01. The van der Waals surface area contributed by atoms with E-state index in [0.717, 1.165) is 11.8 Å². The number of aliphatic carboxylic acids is 2. The zero-order valence-corrected chi connectivity index (χ0v) is 42.0. The van der Waals surface area contributed by atoms with Crippen molar-refractivity contribution in [1.29, 1.82) is 0 Å². The minimum atomic E-state index is -1.31. The summed E-state index contributed by atoms with van der Waals surface area (Å²) in [7, 11) is 0. The lowest BCUT2D eigenvalue weighted by atomic mass is 9.74. The summed E-state index contributed by atoms with van der Waals surface area (Å²) in [5.41, 5.74) is 6.27. The van der Waals surface area contributed by atoms with Crippen molar-refractivity contribution >= 4 is 64.9 Å². The summed E-state index contributed by atoms with van der Waals surface area (Å²) in [4.78, 5) is 83.4. The lowest BCUT2D eigenvalue weighted by Crippen LogP contribution is -2.69. The van der Waals surface area contributed by atoms with Gasteiger partial charge in [-0.25, -0.2) is 27.2 Å². The number of nitrogens with two attached hydrogens (primary N) is 1. The molecule has 2 saturated heterocycles. The van der Waals surface area contributed by atoms with Crippen LogP contribution >= 0.6 is 23.5 Å². The van der Waals surface area contributed by atoms with Crippen molar-refractivity contribution in [2.24, 2.45) is 5.73 Å². The van der Waals surface area contributed by atoms with E-state index in [1.807, 2.05) is 0 Å². The molecule has 2 aliphatic heterocycles. The van der Waals surface area contributed by atoms with E-state index in [2.05, 4.69) is 16.0 Å². The topological polar surface area (TPSA) is 261 Å². The average Bonchev–Trinajstić information content (AvgIpc) is 3.44. The number of β-lactam (4-membered cyclic amide) rings is 2. The number of halogens is 4. The number of Topliss-reactive ketones (excluding diaryl/α,β-unsaturated/α-hetero) is 1. The Morgan fingerprint density at radius 2 is 1.00 bits per heavy atom. The van der Waals surface area contributed by atoms with Crippen molar-refractivity contribution in [1.82, 2.24) is 16.0 Å². The Morgan fingerprint density at radius 1 is 0.597 bits per heavy atom. The smallest absolute Gasteiger partial charge is 0.341 e. The molecule has 77 heavy (non-hydrogen) atoms. The first-order chi connectivity index (χ1) is 36.8. The van der Waals surface area contributed by atoms with Gasteiger partial charge in [-0.05, 0) is 119 Å². The maximum atomic E-state index is 13.8. The fourth-order valence-electron chi connectivity index (χ4n) is 8.49. The maximum absolute atomic E-state index is 13.8. The molecule has 0 radical (unpaired) electrons. The summed E-state index contributed by atoms with van der Waals surface area (Å²) in [5, 5.41) is 35.4. The Labute approximate surface area is 445 Å². The lowest BCUT2D eigenvalue weighted by molar-refractivity contribution is -0.142. The number of carboxylic acids is 2. The van der Waals surface area contributed by atoms with Crippen LogP contribution in [0.1, 0.15) is 57.1 Å². The third-order valence-corrected chi connectivity index (χ3v) is 15.1. The molecule has 16 nitrogen and oxygen atoms in total. The summed E-state index contributed by atoms with van der Waals surface area (Å²) in [6.45, 7) is -0.998. The molecule has 2 aliphatic rings. The average molecular weight is 1100 g/mol. The van der Waals surface area contributed by atoms with Crippen LogP contribution in [0.15, 0.2) is 146 Å². The van der Waals surface area contributed by atoms with Gasteiger partial charge in [0.2, 0.25) is 17.7 Å². The van der Waals surface area contributed by atoms with Crippen LogP contribution in [0.2, 0.25) is 0 Å². The number of carbonyl (C=O) groups excluding carboxylic acids is 5. The van der Waals surface area contributed by atoms with Gasteiger partial charge in [0.25, 0.3) is 5.91 Å². The predicted molar refractivity (Wildman–Crippen MR) is 275 cm³/mol. The molecule has 400 valence electrons. The van der Waals surface area contributed by atoms with Crippen molar-refractivity contribution < 1.29 is 75.9 Å². The van der Waals surface area contributed by atoms with Gasteiger partial charge in [-0.3, -0.25) is 24.0 Å². The second kappa shape index (κ2) is 25.1. The van der Waals surface area contributed by atoms with E-state index in [1.54, 1.807) is 72.8 Å². The number of benzene rings is 6. The number of rotatable bonds is 23. The van der Waals surface area contributed by atoms with Crippen molar-refractivity contribution in [3.63, 3.8) is 0 Å². The molecule has 0 saturated carbocycles. The van der Waals surface area contributed by atoms with Gasteiger partial charge in [0, 0.05) is 17.7 Å². The largest absolute Gasteiger partial charge is 0.484 e. The highest BCUT2D eigenvalue weighted by Crippen LogP contribution is 2.48. The number of nitrogens with one attached hydrogen (secondary N) is 3. The molecule has 0 aromatic heterocycles. The van der Waals surface area contributed by atoms with Gasteiger partial charge < -0.3 is 46.5 Å². The van der Waals surface area contributed by atoms with Crippen molar-refractivity contribution in [3.05, 3.63) is 202 Å². The van der Waals surface area contributed by atoms with E-state index < -0.39 is 94.0 Å². The highest BCUT2D eigenvalue weighted by atomic mass is 32.2. The molecule has 6 aromatic carbocycles. The molecular weight excluding hydrogens is 1050 g/mol. The summed E-state index contributed by atoms with van der Waals surface area (Å²) in [6, 6.07) is 33.7. The van der Waals surface area contributed by atoms with Gasteiger partial charge in [0.15, 0.2) is 19.0 Å². The molecule has 8 N–H and O–H groups in total. The molecule has 8 rings (SSSR count). The minimum absolute atomic E-state index is 0.0214. The van der Waals surface area contributed by atoms with Gasteiger partial charge in [0.1, 0.15) is 62.4 Å². The molecule has 1 unspecified atom stereocenters. The fraction of sp³-hybridized carbons (Fsp3) is 0.218. The summed E-state index contributed by atoms with van der Waals surface area (Å²) in [6.07, 6.45) is -1.35. The number of hydrogen-bond acceptors (Lipinski definition) is 12. The number of carboxylic acid groups (broad SMARTS) is 2. The number of hydrogen-bond donors (Lipinski definition) is 7. The van der Waals surface area contributed by atoms with Crippen molar-refractivity contribution in [3.8, 4) is 11.5 Å². The Bertz CT molecular complexity index is 3110. The van der Waals surface area contributed by atoms with E-state index in [1.165, 1.54) is 84.6 Å². The molecule has 0 bridgehead atoms. The zero-order chi connectivity index (χ0) is 55.4. The third kappa shape index (κ3) is 13.6. The van der Waals surface area contributed by atoms with Gasteiger partial charge in [0.05, 0.1) is 11.9 Å². The standard InChI is InChI=1S/C30H29F2N3O7S.C25H19F2NO5S/c31-20-7-1-17(2-8-20)24(36)16-43-27-28(39)35-30(27,18-3-9-21(32)10-4-18)19-5-11-22(12-6-19)42-15-26(38)34-23(29(40)41)13-14-25(33)37;26-18-7-1-15(2-8-18)21(29)14-34-23-24(32)28-25(23,16-3-9-19(27)10-4-16)17-5-11-20(12-6-17)33-13-22(30)31/h1-12,23-24,27,36H,13-16H2,(H2,33,37)(H,34,38)(H,35,39)(H,40,41);1-12,23H,13-14H2,(H,28,32)(H,30,31)/t23-,24?,27-,30-;23-,25-/m00/s1. The molecule has 6 aromatic rings. The minimum Gasteiger partial charge on any atom is -0.484 e. The van der Waals surface area contributed by atoms with E-state index in [0.29, 0.717) is 39.1 Å². The summed E-state index contributed by atoms with van der Waals surface area (Å²) < 4.78 is 64.6. The number of carbonyl (C=O) groups is 7. The number of amides is 4. The number of ketones is 1. The number of aliphatic hydroxyl groups is 1. The molecule has 4 amide bonds. The number of thioether (sulfide) groups is 2. The third-order valence-electron chi connectivity index (χ3n) is 12.4. The van der Waals surface area contributed by atoms with Crippen LogP contribution < -0.4 is 31.2 Å². The molecule has 2 heterocycles. The van der Waals surface area contributed by atoms with Crippen LogP contribution in [-0.2, 0) is 39.8 Å². The van der Waals surface area contributed by atoms with E-state index >= 15 is 0 Å². The molecular formula is C55H48F4N4O12S2. The number of primary amides is 1. The monoisotopic (exact) mass is 1100 g/mol. The quantitative estimate of drug-likeness (QED) is 0.0215. The molecule has 0 spiro atoms. The van der Waals surface area contributed by atoms with Gasteiger partial charge in [-0.2, -0.15) is 0 Å². The summed E-state index contributed by atoms with van der Waals surface area (Å²) >= 11 is 2.34. The molecule has 6 atom stereocenters. The van der Waals surface area contributed by atoms with Crippen molar-refractivity contribution in [2.45, 2.75) is 46.6 Å². The lowest BCUT2D eigenvalue weighted by Gasteiger charge is -2.50. The molecule has 0 aliphatic carbocycles. The Balaban J connectivity index is 0.000000230. The van der Waals surface area contributed by atoms with Crippen LogP contribution in [0.25, 0.3) is 0 Å². The van der Waals surface area contributed by atoms with E-state index in [4.69, 9.17) is 20.3 Å². The first-order valence-electron chi connectivity index (χ1n) is 23.4. The first-order valence-corrected chi connectivity index (χ1v) is 25.5. The second-order valence-electron chi connectivity index (χ2n) is 17.5. The van der Waals surface area contributed by atoms with Crippen molar-refractivity contribution in [2.75, 3.05) is 24.7 Å². The zero-order valence-electron chi connectivity index (χ0n) is 40.3. The fourth-order valence-corrected chi connectivity index (χ4v) is 11.1. The maximum Gasteiger partial charge on any atom is 0.341 e. The van der Waals surface area contributed by atoms with Crippen LogP contribution in [0.4, 0.5) is 17.6 Å². The first kappa shape index (κ1) is 56.5. The van der Waals surface area contributed by atoms with E-state index in [9.17, 15) is 61.3 Å². The Hall–Kier alpha value is -8.21. The predicted octanol–water partition coefficient (Wildman–Crippen LogP) is 6.17. The van der Waals surface area contributed by atoms with Gasteiger partial charge in [-0.1, -0.05) is 60.7 Å². The highest BCUT2D eigenvalue weighted by Gasteiger charge is 2.57.